The van der Waals surface area contributed by atoms with Gasteiger partial charge in [0.05, 0.1) is 30.1 Å². The van der Waals surface area contributed by atoms with Gasteiger partial charge < -0.3 is 19.1 Å². The average molecular weight is 557 g/mol. The Bertz CT molecular complexity index is 1440. The number of benzene rings is 1. The Morgan fingerprint density at radius 2 is 2.08 bits per heavy atom. The van der Waals surface area contributed by atoms with E-state index in [4.69, 9.17) is 14.2 Å². The van der Waals surface area contributed by atoms with E-state index in [1.54, 1.807) is 23.2 Å². The van der Waals surface area contributed by atoms with E-state index >= 15 is 0 Å². The zero-order valence-corrected chi connectivity index (χ0v) is 21.8. The SMILES string of the molecule is CC1(C)OC[C@H](COc2ccnc(NC(=O)N3c4nc(-c5cccc(C(F)(F)F)c5)ncc4N4CCC3C4)c2)O1. The van der Waals surface area contributed by atoms with Gasteiger partial charge in [0, 0.05) is 30.9 Å². The van der Waals surface area contributed by atoms with Gasteiger partial charge in [-0.05, 0) is 38.5 Å². The number of urea groups is 1. The zero-order valence-electron chi connectivity index (χ0n) is 21.8. The molecule has 1 N–H and O–H groups in total. The molecule has 0 spiro atoms. The summed E-state index contributed by atoms with van der Waals surface area (Å²) in [6.45, 7) is 5.67. The number of pyridine rings is 1. The summed E-state index contributed by atoms with van der Waals surface area (Å²) in [5.74, 6) is 0.553. The van der Waals surface area contributed by atoms with Gasteiger partial charge in [0.2, 0.25) is 0 Å². The zero-order chi connectivity index (χ0) is 28.1. The molecule has 2 aromatic heterocycles. The predicted molar refractivity (Wildman–Crippen MR) is 139 cm³/mol. The number of hydrogen-bond acceptors (Lipinski definition) is 8. The molecular weight excluding hydrogens is 529 g/mol. The van der Waals surface area contributed by atoms with Crippen LogP contribution >= 0.6 is 0 Å². The van der Waals surface area contributed by atoms with Crippen molar-refractivity contribution in [3.63, 3.8) is 0 Å². The Hall–Kier alpha value is -3.97. The molecule has 3 aliphatic heterocycles. The maximum absolute atomic E-state index is 13.6. The number of alkyl halides is 3. The molecule has 2 atom stereocenters. The fraction of sp³-hybridized carbons (Fsp3) is 0.407. The summed E-state index contributed by atoms with van der Waals surface area (Å²) in [7, 11) is 0. The van der Waals surface area contributed by atoms with Gasteiger partial charge in [-0.3, -0.25) is 10.2 Å². The van der Waals surface area contributed by atoms with Crippen LogP contribution in [-0.2, 0) is 15.7 Å². The quantitative estimate of drug-likeness (QED) is 0.482. The van der Waals surface area contributed by atoms with Gasteiger partial charge in [-0.25, -0.2) is 19.7 Å². The van der Waals surface area contributed by atoms with E-state index in [0.29, 0.717) is 43.4 Å². The Morgan fingerprint density at radius 1 is 1.23 bits per heavy atom. The third-order valence-electron chi connectivity index (χ3n) is 6.98. The van der Waals surface area contributed by atoms with E-state index in [9.17, 15) is 18.0 Å². The molecule has 0 aliphatic carbocycles. The molecule has 210 valence electrons. The van der Waals surface area contributed by atoms with Crippen LogP contribution in [-0.4, -0.2) is 65.2 Å². The van der Waals surface area contributed by atoms with Gasteiger partial charge >= 0.3 is 12.2 Å². The van der Waals surface area contributed by atoms with Crippen molar-refractivity contribution in [3.8, 4) is 17.1 Å². The van der Waals surface area contributed by atoms with Crippen molar-refractivity contribution < 1.29 is 32.2 Å². The number of carbonyl (C=O) groups excluding carboxylic acids is 1. The Morgan fingerprint density at radius 3 is 2.85 bits per heavy atom. The molecule has 2 bridgehead atoms. The monoisotopic (exact) mass is 556 g/mol. The Balaban J connectivity index is 1.22. The van der Waals surface area contributed by atoms with E-state index in [-0.39, 0.29) is 36.0 Å². The Kier molecular flexibility index (Phi) is 6.50. The van der Waals surface area contributed by atoms with Crippen LogP contribution in [0.5, 0.6) is 5.75 Å². The maximum atomic E-state index is 13.6. The van der Waals surface area contributed by atoms with Crippen molar-refractivity contribution in [3.05, 3.63) is 54.4 Å². The average Bonchev–Trinajstić information content (AvgIpc) is 3.50. The molecule has 0 radical (unpaired) electrons. The molecule has 2 saturated heterocycles. The van der Waals surface area contributed by atoms with Crippen molar-refractivity contribution >= 4 is 23.4 Å². The van der Waals surface area contributed by atoms with Crippen molar-refractivity contribution in [1.82, 2.24) is 15.0 Å². The van der Waals surface area contributed by atoms with E-state index in [1.165, 1.54) is 18.3 Å². The lowest BCUT2D eigenvalue weighted by Crippen LogP contribution is -2.48. The first kappa shape index (κ1) is 26.3. The van der Waals surface area contributed by atoms with Gasteiger partial charge in [0.1, 0.15) is 24.3 Å². The molecule has 3 aliphatic rings. The summed E-state index contributed by atoms with van der Waals surface area (Å²) >= 11 is 0. The van der Waals surface area contributed by atoms with Gasteiger partial charge in [0.25, 0.3) is 0 Å². The van der Waals surface area contributed by atoms with Crippen LogP contribution in [0.15, 0.2) is 48.8 Å². The second-order valence-electron chi connectivity index (χ2n) is 10.3. The summed E-state index contributed by atoms with van der Waals surface area (Å²) in [4.78, 5) is 30.3. The van der Waals surface area contributed by atoms with E-state index in [1.807, 2.05) is 13.8 Å². The van der Waals surface area contributed by atoms with E-state index in [0.717, 1.165) is 12.1 Å². The molecule has 2 amide bonds. The van der Waals surface area contributed by atoms with Crippen LogP contribution in [0.2, 0.25) is 0 Å². The highest BCUT2D eigenvalue weighted by atomic mass is 19.4. The first-order chi connectivity index (χ1) is 19.1. The lowest BCUT2D eigenvalue weighted by atomic mass is 10.1. The number of ether oxygens (including phenoxy) is 3. The summed E-state index contributed by atoms with van der Waals surface area (Å²) in [6, 6.07) is 7.48. The highest BCUT2D eigenvalue weighted by molar-refractivity contribution is 6.04. The van der Waals surface area contributed by atoms with Gasteiger partial charge in [-0.1, -0.05) is 12.1 Å². The summed E-state index contributed by atoms with van der Waals surface area (Å²) in [5, 5.41) is 2.82. The minimum absolute atomic E-state index is 0.0972. The number of fused-ring (bicyclic) bond motifs is 4. The lowest BCUT2D eigenvalue weighted by Gasteiger charge is -2.35. The smallest absolute Gasteiger partial charge is 0.416 e. The molecule has 1 aromatic carbocycles. The number of carbonyl (C=O) groups is 1. The van der Waals surface area contributed by atoms with E-state index < -0.39 is 23.6 Å². The van der Waals surface area contributed by atoms with Gasteiger partial charge in [-0.15, -0.1) is 0 Å². The largest absolute Gasteiger partial charge is 0.491 e. The summed E-state index contributed by atoms with van der Waals surface area (Å²) < 4.78 is 57.0. The number of anilines is 3. The van der Waals surface area contributed by atoms with Crippen LogP contribution in [0.4, 0.5) is 35.3 Å². The molecule has 10 nitrogen and oxygen atoms in total. The molecule has 6 rings (SSSR count). The summed E-state index contributed by atoms with van der Waals surface area (Å²) in [6.07, 6.45) is -0.930. The molecule has 0 saturated carbocycles. The van der Waals surface area contributed by atoms with Crippen molar-refractivity contribution in [2.24, 2.45) is 0 Å². The third kappa shape index (κ3) is 5.26. The highest BCUT2D eigenvalue weighted by Gasteiger charge is 2.41. The highest BCUT2D eigenvalue weighted by Crippen LogP contribution is 2.40. The lowest BCUT2D eigenvalue weighted by molar-refractivity contribution is -0.141. The second-order valence-corrected chi connectivity index (χ2v) is 10.3. The number of nitrogens with one attached hydrogen (secondary N) is 1. The molecule has 3 aromatic rings. The van der Waals surface area contributed by atoms with Gasteiger partial charge in [-0.2, -0.15) is 13.2 Å². The van der Waals surface area contributed by atoms with E-state index in [2.05, 4.69) is 25.2 Å². The number of aromatic nitrogens is 3. The number of hydrogen-bond donors (Lipinski definition) is 1. The van der Waals surface area contributed by atoms with Crippen LogP contribution in [0.3, 0.4) is 0 Å². The minimum atomic E-state index is -4.50. The first-order valence-corrected chi connectivity index (χ1v) is 12.9. The topological polar surface area (TPSA) is 102 Å². The fourth-order valence-corrected chi connectivity index (χ4v) is 5.12. The molecule has 1 unspecified atom stereocenters. The fourth-order valence-electron chi connectivity index (χ4n) is 5.12. The number of amides is 2. The van der Waals surface area contributed by atoms with Crippen molar-refractivity contribution in [1.29, 1.82) is 0 Å². The molecule has 5 heterocycles. The number of nitrogens with zero attached hydrogens (tertiary/aromatic N) is 5. The van der Waals surface area contributed by atoms with Crippen molar-refractivity contribution in [2.75, 3.05) is 41.4 Å². The normalized spacial score (nSPS) is 21.3. The second kappa shape index (κ2) is 9.89. The molecule has 40 heavy (non-hydrogen) atoms. The molecular formula is C27H27F3N6O4. The standard InChI is InChI=1S/C27H27F3N6O4/c1-26(2)39-15-20(40-26)14-38-19-6-8-31-22(11-19)33-25(37)36-18-7-9-35(13-18)21-12-32-23(34-24(21)36)16-4-3-5-17(10-16)27(28,29)30/h3-6,8,10-12,18,20H,7,9,13-15H2,1-2H3,(H,31,33,37)/t18?,20-/m0/s1. The van der Waals surface area contributed by atoms with Crippen LogP contribution in [0, 0.1) is 0 Å². The van der Waals surface area contributed by atoms with Crippen LogP contribution in [0.25, 0.3) is 11.4 Å². The summed E-state index contributed by atoms with van der Waals surface area (Å²) in [5.41, 5.74) is 0.0532. The first-order valence-electron chi connectivity index (χ1n) is 12.9. The Labute approximate surface area is 228 Å². The molecule has 13 heteroatoms. The molecule has 2 fully saturated rings. The van der Waals surface area contributed by atoms with Crippen molar-refractivity contribution in [2.45, 2.75) is 44.4 Å². The number of rotatable bonds is 5. The van der Waals surface area contributed by atoms with Gasteiger partial charge in [0.15, 0.2) is 17.4 Å². The third-order valence-corrected chi connectivity index (χ3v) is 6.98. The van der Waals surface area contributed by atoms with Crippen LogP contribution < -0.4 is 19.9 Å². The minimum Gasteiger partial charge on any atom is -0.491 e. The predicted octanol–water partition coefficient (Wildman–Crippen LogP) is 4.72. The number of halogens is 3. The maximum Gasteiger partial charge on any atom is 0.416 e. The van der Waals surface area contributed by atoms with Crippen LogP contribution in [0.1, 0.15) is 25.8 Å².